The quantitative estimate of drug-likeness (QED) is 0.832. The van der Waals surface area contributed by atoms with Crippen LogP contribution < -0.4 is 5.32 Å². The first-order valence-corrected chi connectivity index (χ1v) is 9.99. The number of carbonyl (C=O) groups excluding carboxylic acids is 1. The molecule has 0 aromatic carbocycles. The monoisotopic (exact) mass is 337 g/mol. The van der Waals surface area contributed by atoms with Crippen LogP contribution in [-0.4, -0.2) is 73.2 Å². The Morgan fingerprint density at radius 3 is 2.46 bits per heavy atom. The molecule has 0 aromatic heterocycles. The van der Waals surface area contributed by atoms with E-state index in [0.29, 0.717) is 30.6 Å². The zero-order chi connectivity index (χ0) is 16.9. The van der Waals surface area contributed by atoms with E-state index in [1.807, 2.05) is 0 Å². The first kappa shape index (κ1) is 18.2. The Bertz CT molecular complexity index is 393. The first-order valence-electron chi connectivity index (χ1n) is 9.99. The Hall–Kier alpha value is -0.650. The van der Waals surface area contributed by atoms with Gasteiger partial charge in [0.25, 0.3) is 0 Å². The van der Waals surface area contributed by atoms with E-state index in [0.717, 1.165) is 38.6 Å². The smallest absolute Gasteiger partial charge is 0.224 e. The SMILES string of the molecule is CC1CN(CCC2CCN(C(=O)CC3CCCN3)CC2)CC(C)O1. The van der Waals surface area contributed by atoms with Gasteiger partial charge in [-0.15, -0.1) is 0 Å². The average molecular weight is 338 g/mol. The van der Waals surface area contributed by atoms with Crippen molar-refractivity contribution in [2.24, 2.45) is 5.92 Å². The third-order valence-corrected chi connectivity index (χ3v) is 5.90. The third-order valence-electron chi connectivity index (χ3n) is 5.90. The summed E-state index contributed by atoms with van der Waals surface area (Å²) >= 11 is 0. The second-order valence-corrected chi connectivity index (χ2v) is 8.13. The zero-order valence-electron chi connectivity index (χ0n) is 15.5. The van der Waals surface area contributed by atoms with Crippen LogP contribution in [0.25, 0.3) is 0 Å². The molecule has 0 radical (unpaired) electrons. The Kier molecular flexibility index (Phi) is 6.53. The van der Waals surface area contributed by atoms with E-state index in [9.17, 15) is 4.79 Å². The fourth-order valence-electron chi connectivity index (χ4n) is 4.57. The Morgan fingerprint density at radius 1 is 1.12 bits per heavy atom. The van der Waals surface area contributed by atoms with Crippen LogP contribution in [0, 0.1) is 5.92 Å². The molecule has 5 heteroatoms. The lowest BCUT2D eigenvalue weighted by Gasteiger charge is -2.37. The lowest BCUT2D eigenvalue weighted by Crippen LogP contribution is -2.46. The Labute approximate surface area is 147 Å². The van der Waals surface area contributed by atoms with E-state index >= 15 is 0 Å². The maximum atomic E-state index is 12.4. The van der Waals surface area contributed by atoms with Gasteiger partial charge >= 0.3 is 0 Å². The molecule has 3 aliphatic heterocycles. The fourth-order valence-corrected chi connectivity index (χ4v) is 4.57. The van der Waals surface area contributed by atoms with Crippen molar-refractivity contribution in [2.45, 2.75) is 70.6 Å². The Balaban J connectivity index is 1.33. The fraction of sp³-hybridized carbons (Fsp3) is 0.947. The number of morpholine rings is 1. The van der Waals surface area contributed by atoms with Crippen molar-refractivity contribution < 1.29 is 9.53 Å². The van der Waals surface area contributed by atoms with Gasteiger partial charge in [-0.1, -0.05) is 0 Å². The van der Waals surface area contributed by atoms with Gasteiger partial charge in [-0.05, 0) is 65.0 Å². The molecule has 1 amide bonds. The molecule has 5 nitrogen and oxygen atoms in total. The van der Waals surface area contributed by atoms with Crippen LogP contribution in [0.1, 0.15) is 52.4 Å². The number of likely N-dealkylation sites (tertiary alicyclic amines) is 1. The van der Waals surface area contributed by atoms with Gasteiger partial charge in [-0.2, -0.15) is 0 Å². The summed E-state index contributed by atoms with van der Waals surface area (Å²) in [5.74, 6) is 1.15. The molecule has 0 saturated carbocycles. The molecular weight excluding hydrogens is 302 g/mol. The molecular formula is C19H35N3O2. The van der Waals surface area contributed by atoms with Crippen molar-refractivity contribution in [2.75, 3.05) is 39.3 Å². The van der Waals surface area contributed by atoms with Gasteiger partial charge < -0.3 is 15.0 Å². The largest absolute Gasteiger partial charge is 0.373 e. The minimum atomic E-state index is 0.359. The minimum absolute atomic E-state index is 0.359. The van der Waals surface area contributed by atoms with E-state index in [4.69, 9.17) is 4.74 Å². The van der Waals surface area contributed by atoms with Gasteiger partial charge in [0, 0.05) is 38.6 Å². The molecule has 3 unspecified atom stereocenters. The molecule has 3 fully saturated rings. The summed E-state index contributed by atoms with van der Waals surface area (Å²) in [6.45, 7) is 10.7. The standard InChI is InChI=1S/C19H35N3O2/c1-15-13-21(14-16(2)24-15)9-5-17-6-10-22(11-7-17)19(23)12-18-4-3-8-20-18/h15-18,20H,3-14H2,1-2H3. The van der Waals surface area contributed by atoms with Crippen LogP contribution in [0.2, 0.25) is 0 Å². The number of ether oxygens (including phenoxy) is 1. The second kappa shape index (κ2) is 8.63. The maximum Gasteiger partial charge on any atom is 0.224 e. The number of amides is 1. The van der Waals surface area contributed by atoms with E-state index in [2.05, 4.69) is 29.0 Å². The van der Waals surface area contributed by atoms with Crippen molar-refractivity contribution in [1.29, 1.82) is 0 Å². The molecule has 0 bridgehead atoms. The summed E-state index contributed by atoms with van der Waals surface area (Å²) < 4.78 is 5.81. The maximum absolute atomic E-state index is 12.4. The number of carbonyl (C=O) groups is 1. The van der Waals surface area contributed by atoms with Gasteiger partial charge in [0.15, 0.2) is 0 Å². The predicted molar refractivity (Wildman–Crippen MR) is 96.0 cm³/mol. The molecule has 1 N–H and O–H groups in total. The highest BCUT2D eigenvalue weighted by Crippen LogP contribution is 2.23. The first-order chi connectivity index (χ1) is 11.6. The summed E-state index contributed by atoms with van der Waals surface area (Å²) in [6.07, 6.45) is 7.44. The van der Waals surface area contributed by atoms with Crippen LogP contribution in [0.3, 0.4) is 0 Å². The van der Waals surface area contributed by atoms with Gasteiger partial charge in [0.2, 0.25) is 5.91 Å². The van der Waals surface area contributed by atoms with E-state index in [-0.39, 0.29) is 0 Å². The van der Waals surface area contributed by atoms with Crippen LogP contribution in [0.5, 0.6) is 0 Å². The van der Waals surface area contributed by atoms with Crippen molar-refractivity contribution in [3.8, 4) is 0 Å². The molecule has 3 aliphatic rings. The van der Waals surface area contributed by atoms with Crippen LogP contribution in [0.4, 0.5) is 0 Å². The normalized spacial score (nSPS) is 33.1. The molecule has 3 saturated heterocycles. The number of nitrogens with zero attached hydrogens (tertiary/aromatic N) is 2. The molecule has 0 aromatic rings. The van der Waals surface area contributed by atoms with Crippen molar-refractivity contribution in [3.05, 3.63) is 0 Å². The van der Waals surface area contributed by atoms with Gasteiger partial charge in [0.05, 0.1) is 12.2 Å². The number of piperidine rings is 1. The summed E-state index contributed by atoms with van der Waals surface area (Å²) in [6, 6.07) is 0.431. The highest BCUT2D eigenvalue weighted by atomic mass is 16.5. The number of rotatable bonds is 5. The van der Waals surface area contributed by atoms with Crippen molar-refractivity contribution >= 4 is 5.91 Å². The van der Waals surface area contributed by atoms with Crippen LogP contribution in [0.15, 0.2) is 0 Å². The molecule has 3 heterocycles. The van der Waals surface area contributed by atoms with Gasteiger partial charge in [0.1, 0.15) is 0 Å². The molecule has 24 heavy (non-hydrogen) atoms. The van der Waals surface area contributed by atoms with E-state index < -0.39 is 0 Å². The van der Waals surface area contributed by atoms with Gasteiger partial charge in [-0.25, -0.2) is 0 Å². The average Bonchev–Trinajstić information content (AvgIpc) is 3.05. The molecule has 138 valence electrons. The minimum Gasteiger partial charge on any atom is -0.373 e. The molecule has 3 rings (SSSR count). The zero-order valence-corrected chi connectivity index (χ0v) is 15.5. The Morgan fingerprint density at radius 2 is 1.83 bits per heavy atom. The molecule has 0 spiro atoms. The van der Waals surface area contributed by atoms with Crippen molar-refractivity contribution in [1.82, 2.24) is 15.1 Å². The van der Waals surface area contributed by atoms with E-state index in [1.54, 1.807) is 0 Å². The summed E-state index contributed by atoms with van der Waals surface area (Å²) in [5.41, 5.74) is 0. The van der Waals surface area contributed by atoms with Crippen LogP contribution >= 0.6 is 0 Å². The molecule has 3 atom stereocenters. The molecule has 0 aliphatic carbocycles. The summed E-state index contributed by atoms with van der Waals surface area (Å²) in [5, 5.41) is 3.44. The number of hydrogen-bond donors (Lipinski definition) is 1. The van der Waals surface area contributed by atoms with Gasteiger partial charge in [-0.3, -0.25) is 9.69 Å². The van der Waals surface area contributed by atoms with Crippen LogP contribution in [-0.2, 0) is 9.53 Å². The number of nitrogens with one attached hydrogen (secondary N) is 1. The number of hydrogen-bond acceptors (Lipinski definition) is 4. The highest BCUT2D eigenvalue weighted by molar-refractivity contribution is 5.77. The van der Waals surface area contributed by atoms with Crippen molar-refractivity contribution in [3.63, 3.8) is 0 Å². The second-order valence-electron chi connectivity index (χ2n) is 8.13. The summed E-state index contributed by atoms with van der Waals surface area (Å²) in [7, 11) is 0. The topological polar surface area (TPSA) is 44.8 Å². The predicted octanol–water partition coefficient (Wildman–Crippen LogP) is 1.87. The lowest BCUT2D eigenvalue weighted by molar-refractivity contribution is -0.133. The third kappa shape index (κ3) is 5.17. The lowest BCUT2D eigenvalue weighted by atomic mass is 9.92. The highest BCUT2D eigenvalue weighted by Gasteiger charge is 2.27. The van der Waals surface area contributed by atoms with E-state index in [1.165, 1.54) is 38.6 Å². The summed E-state index contributed by atoms with van der Waals surface area (Å²) in [4.78, 5) is 17.1.